The van der Waals surface area contributed by atoms with Crippen molar-refractivity contribution < 1.29 is 9.59 Å². The van der Waals surface area contributed by atoms with Gasteiger partial charge in [-0.2, -0.15) is 0 Å². The van der Waals surface area contributed by atoms with Crippen molar-refractivity contribution >= 4 is 39.2 Å². The first-order valence-electron chi connectivity index (χ1n) is 8.22. The summed E-state index contributed by atoms with van der Waals surface area (Å²) in [4.78, 5) is 25.8. The van der Waals surface area contributed by atoms with Gasteiger partial charge in [0.05, 0.1) is 0 Å². The number of urea groups is 1. The fraction of sp³-hybridized carbons (Fsp3) is 0.263. The van der Waals surface area contributed by atoms with Gasteiger partial charge in [-0.1, -0.05) is 28.1 Å². The molecule has 6 heteroatoms. The molecule has 2 N–H and O–H groups in total. The van der Waals surface area contributed by atoms with Gasteiger partial charge < -0.3 is 15.5 Å². The van der Waals surface area contributed by atoms with Gasteiger partial charge in [0.1, 0.15) is 0 Å². The third-order valence-electron chi connectivity index (χ3n) is 4.79. The van der Waals surface area contributed by atoms with Gasteiger partial charge >= 0.3 is 6.03 Å². The second-order valence-corrected chi connectivity index (χ2v) is 7.56. The topological polar surface area (TPSA) is 61.4 Å². The first-order valence-corrected chi connectivity index (χ1v) is 9.02. The molecule has 0 spiro atoms. The molecule has 1 heterocycles. The minimum atomic E-state index is -0.111. The Labute approximate surface area is 154 Å². The van der Waals surface area contributed by atoms with E-state index in [0.717, 1.165) is 27.8 Å². The molecule has 0 unspecified atom stereocenters. The van der Waals surface area contributed by atoms with Crippen molar-refractivity contribution in [1.29, 1.82) is 0 Å². The fourth-order valence-electron chi connectivity index (χ4n) is 3.26. The number of rotatable bonds is 3. The monoisotopic (exact) mass is 399 g/mol. The number of benzene rings is 2. The average molecular weight is 400 g/mol. The third-order valence-corrected chi connectivity index (χ3v) is 5.32. The van der Waals surface area contributed by atoms with Crippen molar-refractivity contribution in [3.8, 4) is 0 Å². The van der Waals surface area contributed by atoms with Crippen LogP contribution in [0.25, 0.3) is 0 Å². The molecule has 3 amide bonds. The number of fused-ring (bicyclic) bond motifs is 1. The highest BCUT2D eigenvalue weighted by molar-refractivity contribution is 9.10. The molecule has 2 aliphatic rings. The lowest BCUT2D eigenvalue weighted by Crippen LogP contribution is -2.35. The standard InChI is InChI=1S/C19H18BrN3O2/c1-23-10-12-8-14(6-7-17(12)22-19(23)25)21-18(24)16-9-15(16)11-2-4-13(20)5-3-11/h2-8,15-16H,9-10H2,1H3,(H,21,24)(H,22,25)/t15-,16+/m0/s1. The largest absolute Gasteiger partial charge is 0.326 e. The van der Waals surface area contributed by atoms with Crippen LogP contribution in [0, 0.1) is 5.92 Å². The van der Waals surface area contributed by atoms with Gasteiger partial charge in [0, 0.05) is 35.4 Å². The summed E-state index contributed by atoms with van der Waals surface area (Å²) in [5.74, 6) is 0.386. The van der Waals surface area contributed by atoms with Crippen LogP contribution in [0.15, 0.2) is 46.9 Å². The minimum absolute atomic E-state index is 0.0274. The van der Waals surface area contributed by atoms with Crippen LogP contribution >= 0.6 is 15.9 Å². The number of amides is 3. The summed E-state index contributed by atoms with van der Waals surface area (Å²) in [6.45, 7) is 0.538. The van der Waals surface area contributed by atoms with E-state index in [1.54, 1.807) is 11.9 Å². The summed E-state index contributed by atoms with van der Waals surface area (Å²) in [5.41, 5.74) is 3.79. The van der Waals surface area contributed by atoms with Gasteiger partial charge in [0.2, 0.25) is 5.91 Å². The van der Waals surface area contributed by atoms with Gasteiger partial charge in [-0.25, -0.2) is 4.79 Å². The Kier molecular flexibility index (Phi) is 4.00. The second kappa shape index (κ2) is 6.19. The SMILES string of the molecule is CN1Cc2cc(NC(=O)[C@@H]3C[C@H]3c3ccc(Br)cc3)ccc2NC1=O. The van der Waals surface area contributed by atoms with Gasteiger partial charge in [0.15, 0.2) is 0 Å². The summed E-state index contributed by atoms with van der Waals surface area (Å²) in [6.07, 6.45) is 0.886. The Bertz CT molecular complexity index is 850. The zero-order chi connectivity index (χ0) is 17.6. The molecule has 2 aromatic rings. The van der Waals surface area contributed by atoms with Crippen LogP contribution in [0.1, 0.15) is 23.5 Å². The van der Waals surface area contributed by atoms with E-state index in [1.807, 2.05) is 30.3 Å². The predicted octanol–water partition coefficient (Wildman–Crippen LogP) is 4.17. The van der Waals surface area contributed by atoms with Crippen LogP contribution in [0.3, 0.4) is 0 Å². The number of anilines is 2. The van der Waals surface area contributed by atoms with E-state index < -0.39 is 0 Å². The highest BCUT2D eigenvalue weighted by atomic mass is 79.9. The van der Waals surface area contributed by atoms with Gasteiger partial charge in [0.25, 0.3) is 0 Å². The summed E-state index contributed by atoms with van der Waals surface area (Å²) in [6, 6.07) is 13.7. The minimum Gasteiger partial charge on any atom is -0.326 e. The number of hydrogen-bond acceptors (Lipinski definition) is 2. The van der Waals surface area contributed by atoms with Crippen LogP contribution in [0.4, 0.5) is 16.2 Å². The second-order valence-electron chi connectivity index (χ2n) is 6.65. The molecule has 25 heavy (non-hydrogen) atoms. The highest BCUT2D eigenvalue weighted by Crippen LogP contribution is 2.48. The number of carbonyl (C=O) groups excluding carboxylic acids is 2. The van der Waals surface area contributed by atoms with Crippen LogP contribution in [-0.4, -0.2) is 23.9 Å². The number of nitrogens with one attached hydrogen (secondary N) is 2. The van der Waals surface area contributed by atoms with E-state index in [1.165, 1.54) is 5.56 Å². The summed E-state index contributed by atoms with van der Waals surface area (Å²) in [5, 5.41) is 5.84. The maximum Gasteiger partial charge on any atom is 0.321 e. The quantitative estimate of drug-likeness (QED) is 0.813. The number of halogens is 1. The lowest BCUT2D eigenvalue weighted by Gasteiger charge is -2.26. The molecule has 1 fully saturated rings. The van der Waals surface area contributed by atoms with Crippen LogP contribution < -0.4 is 10.6 Å². The smallest absolute Gasteiger partial charge is 0.321 e. The molecule has 128 valence electrons. The highest BCUT2D eigenvalue weighted by Gasteiger charge is 2.43. The van der Waals surface area contributed by atoms with Crippen molar-refractivity contribution in [2.45, 2.75) is 18.9 Å². The Morgan fingerprint density at radius 3 is 2.76 bits per heavy atom. The van der Waals surface area contributed by atoms with E-state index in [2.05, 4.69) is 38.7 Å². The molecule has 2 atom stereocenters. The molecule has 4 rings (SSSR count). The van der Waals surface area contributed by atoms with E-state index in [0.29, 0.717) is 12.5 Å². The Balaban J connectivity index is 1.43. The number of carbonyl (C=O) groups is 2. The third kappa shape index (κ3) is 3.26. The first kappa shape index (κ1) is 16.1. The van der Waals surface area contributed by atoms with Gasteiger partial charge in [-0.05, 0) is 53.8 Å². The first-order chi connectivity index (χ1) is 12.0. The zero-order valence-corrected chi connectivity index (χ0v) is 15.3. The van der Waals surface area contributed by atoms with Crippen LogP contribution in [0.2, 0.25) is 0 Å². The molecule has 1 aliphatic heterocycles. The number of nitrogens with zero attached hydrogens (tertiary/aromatic N) is 1. The van der Waals surface area contributed by atoms with E-state index in [-0.39, 0.29) is 17.9 Å². The maximum atomic E-state index is 12.5. The summed E-state index contributed by atoms with van der Waals surface area (Å²) >= 11 is 3.43. The van der Waals surface area contributed by atoms with Crippen molar-refractivity contribution in [3.05, 3.63) is 58.1 Å². The molecule has 5 nitrogen and oxygen atoms in total. The molecule has 1 aliphatic carbocycles. The molecule has 0 saturated heterocycles. The fourth-order valence-corrected chi connectivity index (χ4v) is 3.52. The average Bonchev–Trinajstić information content (AvgIpc) is 3.38. The molecular formula is C19H18BrN3O2. The van der Waals surface area contributed by atoms with Crippen LogP contribution in [-0.2, 0) is 11.3 Å². The van der Waals surface area contributed by atoms with Crippen molar-refractivity contribution in [2.24, 2.45) is 5.92 Å². The maximum absolute atomic E-state index is 12.5. The Morgan fingerprint density at radius 2 is 2.00 bits per heavy atom. The molecule has 0 aromatic heterocycles. The van der Waals surface area contributed by atoms with Crippen LogP contribution in [0.5, 0.6) is 0 Å². The summed E-state index contributed by atoms with van der Waals surface area (Å²) in [7, 11) is 1.75. The van der Waals surface area contributed by atoms with Gasteiger partial charge in [-0.3, -0.25) is 4.79 Å². The zero-order valence-electron chi connectivity index (χ0n) is 13.8. The molecule has 0 bridgehead atoms. The molecule has 2 aromatic carbocycles. The van der Waals surface area contributed by atoms with Crippen molar-refractivity contribution in [2.75, 3.05) is 17.7 Å². The Morgan fingerprint density at radius 1 is 1.24 bits per heavy atom. The molecular weight excluding hydrogens is 382 g/mol. The lowest BCUT2D eigenvalue weighted by atomic mass is 10.1. The van der Waals surface area contributed by atoms with E-state index >= 15 is 0 Å². The van der Waals surface area contributed by atoms with Crippen molar-refractivity contribution in [1.82, 2.24) is 4.90 Å². The Hall–Kier alpha value is -2.34. The molecule has 1 saturated carbocycles. The normalized spacial score (nSPS) is 21.4. The van der Waals surface area contributed by atoms with E-state index in [9.17, 15) is 9.59 Å². The predicted molar refractivity (Wildman–Crippen MR) is 101 cm³/mol. The summed E-state index contributed by atoms with van der Waals surface area (Å²) < 4.78 is 1.05. The van der Waals surface area contributed by atoms with Crippen molar-refractivity contribution in [3.63, 3.8) is 0 Å². The van der Waals surface area contributed by atoms with Gasteiger partial charge in [-0.15, -0.1) is 0 Å². The lowest BCUT2D eigenvalue weighted by molar-refractivity contribution is -0.117. The van der Waals surface area contributed by atoms with E-state index in [4.69, 9.17) is 0 Å². The molecule has 0 radical (unpaired) electrons. The number of hydrogen-bond donors (Lipinski definition) is 2.